The molecule has 0 bridgehead atoms. The maximum Gasteiger partial charge on any atom is 0.0373 e. The fourth-order valence-electron chi connectivity index (χ4n) is 2.44. The van der Waals surface area contributed by atoms with Crippen molar-refractivity contribution in [2.45, 2.75) is 0 Å². The van der Waals surface area contributed by atoms with Gasteiger partial charge in [0.15, 0.2) is 0 Å². The largest absolute Gasteiger partial charge is 0.369 e. The van der Waals surface area contributed by atoms with E-state index in [9.17, 15) is 0 Å². The Morgan fingerprint density at radius 2 is 1.47 bits per heavy atom. The summed E-state index contributed by atoms with van der Waals surface area (Å²) in [5.74, 6) is 0. The number of anilines is 1. The summed E-state index contributed by atoms with van der Waals surface area (Å²) in [5.41, 5.74) is 3.92. The van der Waals surface area contributed by atoms with Crippen molar-refractivity contribution in [3.05, 3.63) is 54.6 Å². The second kappa shape index (κ2) is 6.60. The van der Waals surface area contributed by atoms with Crippen LogP contribution in [0, 0.1) is 0 Å². The van der Waals surface area contributed by atoms with Gasteiger partial charge in [-0.1, -0.05) is 42.5 Å². The van der Waals surface area contributed by atoms with Gasteiger partial charge in [-0.25, -0.2) is 0 Å². The van der Waals surface area contributed by atoms with Gasteiger partial charge in [0.1, 0.15) is 0 Å². The van der Waals surface area contributed by atoms with Crippen LogP contribution in [0.15, 0.2) is 54.6 Å². The van der Waals surface area contributed by atoms with Gasteiger partial charge in [-0.05, 0) is 23.3 Å². The first-order valence-corrected chi connectivity index (χ1v) is 6.55. The Kier molecular flexibility index (Phi) is 4.83. The number of nitrogens with zero attached hydrogens (tertiary/aromatic N) is 1. The lowest BCUT2D eigenvalue weighted by Gasteiger charge is -2.29. The van der Waals surface area contributed by atoms with E-state index in [4.69, 9.17) is 0 Å². The Bertz CT molecular complexity index is 507. The average molecular weight is 275 g/mol. The van der Waals surface area contributed by atoms with Crippen molar-refractivity contribution in [1.82, 2.24) is 5.32 Å². The van der Waals surface area contributed by atoms with Gasteiger partial charge in [0, 0.05) is 31.9 Å². The van der Waals surface area contributed by atoms with Gasteiger partial charge in [0.2, 0.25) is 0 Å². The highest BCUT2D eigenvalue weighted by Gasteiger charge is 2.10. The third-order valence-corrected chi connectivity index (χ3v) is 3.44. The average Bonchev–Trinajstić information content (AvgIpc) is 2.49. The molecule has 1 heterocycles. The SMILES string of the molecule is Cl.c1ccc(-c2cccc(N3CCNCC3)c2)cc1. The fraction of sp³-hybridized carbons (Fsp3) is 0.250. The van der Waals surface area contributed by atoms with Crippen LogP contribution in [0.5, 0.6) is 0 Å². The second-order valence-corrected chi connectivity index (χ2v) is 4.65. The zero-order valence-electron chi connectivity index (χ0n) is 10.9. The number of halogens is 1. The molecule has 3 heteroatoms. The van der Waals surface area contributed by atoms with Crippen LogP contribution in [0.4, 0.5) is 5.69 Å². The van der Waals surface area contributed by atoms with E-state index in [0.717, 1.165) is 26.2 Å². The van der Waals surface area contributed by atoms with Crippen molar-refractivity contribution in [3.63, 3.8) is 0 Å². The molecule has 0 aromatic heterocycles. The highest BCUT2D eigenvalue weighted by atomic mass is 35.5. The van der Waals surface area contributed by atoms with Crippen molar-refractivity contribution in [3.8, 4) is 11.1 Å². The Labute approximate surface area is 120 Å². The molecule has 1 saturated heterocycles. The van der Waals surface area contributed by atoms with Gasteiger partial charge in [0.05, 0.1) is 0 Å². The van der Waals surface area contributed by atoms with Crippen LogP contribution in [0.1, 0.15) is 0 Å². The summed E-state index contributed by atoms with van der Waals surface area (Å²) in [7, 11) is 0. The maximum absolute atomic E-state index is 3.39. The fourth-order valence-corrected chi connectivity index (χ4v) is 2.44. The Morgan fingerprint density at radius 3 is 2.21 bits per heavy atom. The molecule has 0 amide bonds. The van der Waals surface area contributed by atoms with Gasteiger partial charge in [0.25, 0.3) is 0 Å². The summed E-state index contributed by atoms with van der Waals surface area (Å²) >= 11 is 0. The molecule has 0 atom stereocenters. The Hall–Kier alpha value is -1.51. The summed E-state index contributed by atoms with van der Waals surface area (Å²) in [6.45, 7) is 4.35. The number of rotatable bonds is 2. The molecule has 0 saturated carbocycles. The molecule has 19 heavy (non-hydrogen) atoms. The molecule has 0 unspecified atom stereocenters. The van der Waals surface area contributed by atoms with Crippen molar-refractivity contribution in [1.29, 1.82) is 0 Å². The smallest absolute Gasteiger partial charge is 0.0373 e. The van der Waals surface area contributed by atoms with Crippen LogP contribution >= 0.6 is 12.4 Å². The molecular formula is C16H19ClN2. The minimum absolute atomic E-state index is 0. The van der Waals surface area contributed by atoms with Crippen LogP contribution in [-0.4, -0.2) is 26.2 Å². The van der Waals surface area contributed by atoms with E-state index in [2.05, 4.69) is 64.8 Å². The zero-order chi connectivity index (χ0) is 12.2. The quantitative estimate of drug-likeness (QED) is 0.905. The van der Waals surface area contributed by atoms with Crippen molar-refractivity contribution >= 4 is 18.1 Å². The lowest BCUT2D eigenvalue weighted by Crippen LogP contribution is -2.43. The topological polar surface area (TPSA) is 15.3 Å². The monoisotopic (exact) mass is 274 g/mol. The standard InChI is InChI=1S/C16H18N2.ClH/c1-2-5-14(6-3-1)15-7-4-8-16(13-15)18-11-9-17-10-12-18;/h1-8,13,17H,9-12H2;1H. The minimum Gasteiger partial charge on any atom is -0.369 e. The molecule has 0 aliphatic carbocycles. The van der Waals surface area contributed by atoms with E-state index in [1.165, 1.54) is 16.8 Å². The van der Waals surface area contributed by atoms with E-state index in [-0.39, 0.29) is 12.4 Å². The molecule has 1 aliphatic rings. The first-order valence-electron chi connectivity index (χ1n) is 6.55. The summed E-state index contributed by atoms with van der Waals surface area (Å²) in [4.78, 5) is 2.45. The predicted molar refractivity (Wildman–Crippen MR) is 84.2 cm³/mol. The summed E-state index contributed by atoms with van der Waals surface area (Å²) in [5, 5.41) is 3.39. The third kappa shape index (κ3) is 3.28. The lowest BCUT2D eigenvalue weighted by molar-refractivity contribution is 0.589. The van der Waals surface area contributed by atoms with Crippen LogP contribution in [0.25, 0.3) is 11.1 Å². The summed E-state index contributed by atoms with van der Waals surface area (Å²) in [6, 6.07) is 19.4. The van der Waals surface area contributed by atoms with E-state index in [1.807, 2.05) is 0 Å². The molecule has 0 radical (unpaired) electrons. The molecule has 2 aromatic carbocycles. The van der Waals surface area contributed by atoms with Crippen molar-refractivity contribution in [2.75, 3.05) is 31.1 Å². The summed E-state index contributed by atoms with van der Waals surface area (Å²) in [6.07, 6.45) is 0. The van der Waals surface area contributed by atoms with Crippen LogP contribution in [0.3, 0.4) is 0 Å². The van der Waals surface area contributed by atoms with Crippen molar-refractivity contribution in [2.24, 2.45) is 0 Å². The van der Waals surface area contributed by atoms with Gasteiger partial charge in [-0.3, -0.25) is 0 Å². The molecule has 0 spiro atoms. The number of benzene rings is 2. The number of hydrogen-bond acceptors (Lipinski definition) is 2. The van der Waals surface area contributed by atoms with Gasteiger partial charge < -0.3 is 10.2 Å². The van der Waals surface area contributed by atoms with Crippen molar-refractivity contribution < 1.29 is 0 Å². The Balaban J connectivity index is 0.00000133. The van der Waals surface area contributed by atoms with E-state index in [0.29, 0.717) is 0 Å². The van der Waals surface area contributed by atoms with Crippen LogP contribution in [-0.2, 0) is 0 Å². The second-order valence-electron chi connectivity index (χ2n) is 4.65. The highest BCUT2D eigenvalue weighted by Crippen LogP contribution is 2.24. The van der Waals surface area contributed by atoms with Crippen LogP contribution < -0.4 is 10.2 Å². The molecule has 1 aliphatic heterocycles. The zero-order valence-corrected chi connectivity index (χ0v) is 11.7. The number of hydrogen-bond donors (Lipinski definition) is 1. The van der Waals surface area contributed by atoms with Gasteiger partial charge in [-0.2, -0.15) is 0 Å². The molecule has 2 aromatic rings. The van der Waals surface area contributed by atoms with Gasteiger partial charge >= 0.3 is 0 Å². The third-order valence-electron chi connectivity index (χ3n) is 3.44. The first kappa shape index (κ1) is 13.9. The normalized spacial score (nSPS) is 14.8. The molecular weight excluding hydrogens is 256 g/mol. The molecule has 100 valence electrons. The van der Waals surface area contributed by atoms with Gasteiger partial charge in [-0.15, -0.1) is 12.4 Å². The molecule has 2 nitrogen and oxygen atoms in total. The summed E-state index contributed by atoms with van der Waals surface area (Å²) < 4.78 is 0. The molecule has 1 fully saturated rings. The maximum atomic E-state index is 3.39. The van der Waals surface area contributed by atoms with E-state index < -0.39 is 0 Å². The first-order chi connectivity index (χ1) is 8.93. The minimum atomic E-state index is 0. The lowest BCUT2D eigenvalue weighted by atomic mass is 10.0. The molecule has 1 N–H and O–H groups in total. The van der Waals surface area contributed by atoms with E-state index in [1.54, 1.807) is 0 Å². The predicted octanol–water partition coefficient (Wildman–Crippen LogP) is 3.19. The highest BCUT2D eigenvalue weighted by molar-refractivity contribution is 5.85. The number of piperazine rings is 1. The Morgan fingerprint density at radius 1 is 0.789 bits per heavy atom. The number of nitrogens with one attached hydrogen (secondary N) is 1. The van der Waals surface area contributed by atoms with Crippen LogP contribution in [0.2, 0.25) is 0 Å². The van der Waals surface area contributed by atoms with E-state index >= 15 is 0 Å². The molecule has 3 rings (SSSR count).